The summed E-state index contributed by atoms with van der Waals surface area (Å²) in [6.45, 7) is 2.19. The molecule has 3 heterocycles. The van der Waals surface area contributed by atoms with Gasteiger partial charge in [0, 0.05) is 29.9 Å². The van der Waals surface area contributed by atoms with E-state index in [9.17, 15) is 22.4 Å². The summed E-state index contributed by atoms with van der Waals surface area (Å²) in [6.07, 6.45) is -2.73. The second-order valence-corrected chi connectivity index (χ2v) is 8.24. The van der Waals surface area contributed by atoms with Crippen LogP contribution < -0.4 is 10.2 Å². The number of nitrogens with one attached hydrogen (secondary N) is 1. The number of hydrogen-bond donors (Lipinski definition) is 1. The van der Waals surface area contributed by atoms with Gasteiger partial charge < -0.3 is 10.2 Å². The smallest absolute Gasteiger partial charge is 0.362 e. The van der Waals surface area contributed by atoms with Gasteiger partial charge in [-0.3, -0.25) is 4.79 Å². The molecular formula is C24H20F4N4O. The Bertz CT molecular complexity index is 1220. The number of rotatable bonds is 3. The molecule has 33 heavy (non-hydrogen) atoms. The Kier molecular flexibility index (Phi) is 4.88. The van der Waals surface area contributed by atoms with Crippen molar-refractivity contribution in [2.75, 3.05) is 11.4 Å². The van der Waals surface area contributed by atoms with Gasteiger partial charge in [-0.25, -0.2) is 4.39 Å². The van der Waals surface area contributed by atoms with Gasteiger partial charge in [0.15, 0.2) is 6.17 Å². The van der Waals surface area contributed by atoms with E-state index >= 15 is 0 Å². The first-order chi connectivity index (χ1) is 15.8. The van der Waals surface area contributed by atoms with Crippen LogP contribution in [-0.4, -0.2) is 18.6 Å². The van der Waals surface area contributed by atoms with Crippen molar-refractivity contribution in [3.8, 4) is 0 Å². The summed E-state index contributed by atoms with van der Waals surface area (Å²) in [4.78, 5) is 15.4. The van der Waals surface area contributed by atoms with E-state index in [1.165, 1.54) is 36.5 Å². The van der Waals surface area contributed by atoms with Crippen molar-refractivity contribution in [3.05, 3.63) is 88.5 Å². The number of fused-ring (bicyclic) bond motifs is 1. The highest BCUT2D eigenvalue weighted by Crippen LogP contribution is 2.51. The lowest BCUT2D eigenvalue weighted by molar-refractivity contribution is -0.137. The van der Waals surface area contributed by atoms with Crippen LogP contribution >= 0.6 is 0 Å². The number of carbonyl (C=O) groups excluding carboxylic acids is 1. The van der Waals surface area contributed by atoms with Crippen LogP contribution in [0.5, 0.6) is 0 Å². The van der Waals surface area contributed by atoms with Gasteiger partial charge >= 0.3 is 6.18 Å². The van der Waals surface area contributed by atoms with E-state index in [0.717, 1.165) is 12.1 Å². The molecule has 2 aromatic rings. The maximum atomic E-state index is 13.9. The fraction of sp³-hybridized carbons (Fsp3) is 0.292. The second kappa shape index (κ2) is 7.54. The lowest BCUT2D eigenvalue weighted by Gasteiger charge is -2.47. The molecule has 0 saturated carbocycles. The third kappa shape index (κ3) is 3.25. The zero-order chi connectivity index (χ0) is 23.4. The van der Waals surface area contributed by atoms with E-state index in [1.807, 2.05) is 6.92 Å². The monoisotopic (exact) mass is 456 g/mol. The maximum Gasteiger partial charge on any atom is 0.416 e. The number of halogens is 4. The van der Waals surface area contributed by atoms with Gasteiger partial charge in [-0.05, 0) is 42.3 Å². The van der Waals surface area contributed by atoms with E-state index in [1.54, 1.807) is 11.0 Å². The zero-order valence-corrected chi connectivity index (χ0v) is 17.7. The SMILES string of the molecule is CC[C@]1(c2cccc(C(F)(F)F)c2)C2=CN=NC2NC2=C1C(=O)N(c1ccc(F)cc1)CC2. The normalized spacial score (nSPS) is 24.4. The van der Waals surface area contributed by atoms with Crippen LogP contribution in [0.15, 0.2) is 81.8 Å². The molecule has 1 unspecified atom stereocenters. The molecule has 2 atom stereocenters. The Morgan fingerprint density at radius 1 is 1.18 bits per heavy atom. The lowest BCUT2D eigenvalue weighted by Crippen LogP contribution is -2.54. The molecule has 0 bridgehead atoms. The molecule has 0 saturated heterocycles. The van der Waals surface area contributed by atoms with Gasteiger partial charge in [-0.2, -0.15) is 23.4 Å². The molecule has 170 valence electrons. The topological polar surface area (TPSA) is 57.1 Å². The Morgan fingerprint density at radius 3 is 2.64 bits per heavy atom. The maximum absolute atomic E-state index is 13.9. The molecule has 5 nitrogen and oxygen atoms in total. The number of carbonyl (C=O) groups is 1. The minimum Gasteiger partial charge on any atom is -0.362 e. The molecule has 0 aromatic heterocycles. The summed E-state index contributed by atoms with van der Waals surface area (Å²) in [5, 5.41) is 11.5. The van der Waals surface area contributed by atoms with Gasteiger partial charge in [0.2, 0.25) is 0 Å². The number of azo groups is 1. The molecular weight excluding hydrogens is 436 g/mol. The molecule has 0 radical (unpaired) electrons. The summed E-state index contributed by atoms with van der Waals surface area (Å²) < 4.78 is 54.2. The Hall–Kier alpha value is -3.49. The first kappa shape index (κ1) is 21.4. The van der Waals surface area contributed by atoms with Gasteiger partial charge in [-0.15, -0.1) is 0 Å². The number of amides is 1. The van der Waals surface area contributed by atoms with E-state index in [2.05, 4.69) is 15.5 Å². The van der Waals surface area contributed by atoms with Crippen molar-refractivity contribution in [2.45, 2.75) is 37.5 Å². The van der Waals surface area contributed by atoms with E-state index in [4.69, 9.17) is 0 Å². The van der Waals surface area contributed by atoms with Crippen molar-refractivity contribution < 1.29 is 22.4 Å². The molecule has 3 aliphatic rings. The van der Waals surface area contributed by atoms with E-state index in [0.29, 0.717) is 47.5 Å². The van der Waals surface area contributed by atoms with Gasteiger partial charge in [0.1, 0.15) is 5.82 Å². The molecule has 0 aliphatic carbocycles. The summed E-state index contributed by atoms with van der Waals surface area (Å²) in [7, 11) is 0. The third-order valence-electron chi connectivity index (χ3n) is 6.60. The molecule has 0 fully saturated rings. The molecule has 2 aromatic carbocycles. The molecule has 3 aliphatic heterocycles. The molecule has 9 heteroatoms. The number of benzene rings is 2. The van der Waals surface area contributed by atoms with Gasteiger partial charge in [0.25, 0.3) is 5.91 Å². The van der Waals surface area contributed by atoms with E-state index in [-0.39, 0.29) is 5.91 Å². The average Bonchev–Trinajstić information content (AvgIpc) is 3.27. The Balaban J connectivity index is 1.70. The Morgan fingerprint density at radius 2 is 1.94 bits per heavy atom. The van der Waals surface area contributed by atoms with Crippen LogP contribution in [0.1, 0.15) is 30.9 Å². The standard InChI is InChI=1S/C24H20F4N4O/c1-2-23(14-4-3-5-15(12-14)24(26,27)28)18-13-29-31-21(18)30-19-10-11-32(22(33)20(19)23)17-8-6-16(25)7-9-17/h3-9,12-13,21,30H,2,10-11H2,1H3/t21?,23-/m0/s1. The van der Waals surface area contributed by atoms with Crippen molar-refractivity contribution in [3.63, 3.8) is 0 Å². The Labute approximate surface area is 187 Å². The van der Waals surface area contributed by atoms with Crippen molar-refractivity contribution in [1.82, 2.24) is 5.32 Å². The van der Waals surface area contributed by atoms with Crippen LogP contribution in [0.25, 0.3) is 0 Å². The zero-order valence-electron chi connectivity index (χ0n) is 17.7. The number of anilines is 1. The van der Waals surface area contributed by atoms with Crippen LogP contribution in [0, 0.1) is 5.82 Å². The number of nitrogens with zero attached hydrogens (tertiary/aromatic N) is 3. The summed E-state index contributed by atoms with van der Waals surface area (Å²) >= 11 is 0. The highest BCUT2D eigenvalue weighted by atomic mass is 19.4. The molecule has 1 amide bonds. The summed E-state index contributed by atoms with van der Waals surface area (Å²) in [5.74, 6) is -0.752. The minimum absolute atomic E-state index is 0.333. The van der Waals surface area contributed by atoms with Crippen molar-refractivity contribution in [2.24, 2.45) is 10.2 Å². The van der Waals surface area contributed by atoms with Crippen molar-refractivity contribution >= 4 is 11.6 Å². The summed E-state index contributed by atoms with van der Waals surface area (Å²) in [5.41, 5.74) is 0.653. The van der Waals surface area contributed by atoms with Gasteiger partial charge in [0.05, 0.1) is 22.8 Å². The third-order valence-corrected chi connectivity index (χ3v) is 6.60. The predicted octanol–water partition coefficient (Wildman–Crippen LogP) is 5.46. The van der Waals surface area contributed by atoms with Gasteiger partial charge in [-0.1, -0.05) is 25.1 Å². The molecule has 5 rings (SSSR count). The lowest BCUT2D eigenvalue weighted by atomic mass is 9.62. The first-order valence-electron chi connectivity index (χ1n) is 10.6. The number of hydrogen-bond acceptors (Lipinski definition) is 4. The van der Waals surface area contributed by atoms with E-state index < -0.39 is 29.1 Å². The number of alkyl halides is 3. The quantitative estimate of drug-likeness (QED) is 0.624. The second-order valence-electron chi connectivity index (χ2n) is 8.24. The fourth-order valence-electron chi connectivity index (χ4n) is 5.08. The minimum atomic E-state index is -4.52. The predicted molar refractivity (Wildman–Crippen MR) is 114 cm³/mol. The largest absolute Gasteiger partial charge is 0.416 e. The molecule has 0 spiro atoms. The summed E-state index contributed by atoms with van der Waals surface area (Å²) in [6, 6.07) is 10.7. The molecule has 1 N–H and O–H groups in total. The highest BCUT2D eigenvalue weighted by Gasteiger charge is 2.53. The highest BCUT2D eigenvalue weighted by molar-refractivity contribution is 6.09. The first-order valence-corrected chi connectivity index (χ1v) is 10.6. The van der Waals surface area contributed by atoms with Crippen LogP contribution in [0.3, 0.4) is 0 Å². The van der Waals surface area contributed by atoms with Crippen molar-refractivity contribution in [1.29, 1.82) is 0 Å². The fourth-order valence-corrected chi connectivity index (χ4v) is 5.08. The van der Waals surface area contributed by atoms with Crippen LogP contribution in [0.4, 0.5) is 23.2 Å². The van der Waals surface area contributed by atoms with Crippen LogP contribution in [-0.2, 0) is 16.4 Å². The average molecular weight is 456 g/mol. The van der Waals surface area contributed by atoms with Crippen LogP contribution in [0.2, 0.25) is 0 Å².